The van der Waals surface area contributed by atoms with Crippen LogP contribution in [0.5, 0.6) is 0 Å². The van der Waals surface area contributed by atoms with E-state index >= 15 is 0 Å². The standard InChI is InChI=1S/C7H11NO6/c1-13-7(6(9)10)3-2-5(4-7)14-8(11)12/h5H,2-4H2,1H3,(H,9,10). The van der Waals surface area contributed by atoms with Gasteiger partial charge in [-0.25, -0.2) is 4.79 Å². The van der Waals surface area contributed by atoms with Crippen LogP contribution in [0.15, 0.2) is 0 Å². The minimum Gasteiger partial charge on any atom is -0.479 e. The van der Waals surface area contributed by atoms with Gasteiger partial charge in [0.25, 0.3) is 5.09 Å². The van der Waals surface area contributed by atoms with Crippen molar-refractivity contribution in [1.82, 2.24) is 0 Å². The second-order valence-electron chi connectivity index (χ2n) is 3.20. The number of rotatable bonds is 4. The van der Waals surface area contributed by atoms with E-state index in [0.29, 0.717) is 6.42 Å². The maximum Gasteiger partial charge on any atom is 0.336 e. The lowest BCUT2D eigenvalue weighted by atomic mass is 10.0. The summed E-state index contributed by atoms with van der Waals surface area (Å²) >= 11 is 0. The third-order valence-corrected chi connectivity index (χ3v) is 2.44. The van der Waals surface area contributed by atoms with E-state index in [-0.39, 0.29) is 12.8 Å². The molecule has 2 unspecified atom stereocenters. The summed E-state index contributed by atoms with van der Waals surface area (Å²) in [5, 5.41) is 18.0. The van der Waals surface area contributed by atoms with E-state index in [1.807, 2.05) is 0 Å². The Labute approximate surface area is 79.7 Å². The number of carbonyl (C=O) groups is 1. The molecule has 7 heteroatoms. The Morgan fingerprint density at radius 1 is 1.71 bits per heavy atom. The molecule has 0 bridgehead atoms. The zero-order chi connectivity index (χ0) is 10.8. The summed E-state index contributed by atoms with van der Waals surface area (Å²) in [6.45, 7) is 0. The first kappa shape index (κ1) is 10.7. The minimum absolute atomic E-state index is 0.0137. The fraction of sp³-hybridized carbons (Fsp3) is 0.857. The van der Waals surface area contributed by atoms with Crippen LogP contribution < -0.4 is 0 Å². The first-order chi connectivity index (χ1) is 6.50. The van der Waals surface area contributed by atoms with Crippen molar-refractivity contribution in [3.05, 3.63) is 10.1 Å². The van der Waals surface area contributed by atoms with Crippen LogP contribution in [0, 0.1) is 10.1 Å². The highest BCUT2D eigenvalue weighted by atomic mass is 17.0. The Morgan fingerprint density at radius 3 is 2.71 bits per heavy atom. The first-order valence-corrected chi connectivity index (χ1v) is 4.10. The number of hydrogen-bond acceptors (Lipinski definition) is 5. The lowest BCUT2D eigenvalue weighted by molar-refractivity contribution is -0.768. The van der Waals surface area contributed by atoms with Crippen molar-refractivity contribution in [3.63, 3.8) is 0 Å². The van der Waals surface area contributed by atoms with Crippen molar-refractivity contribution >= 4 is 5.97 Å². The molecule has 1 fully saturated rings. The van der Waals surface area contributed by atoms with Gasteiger partial charge in [-0.05, 0) is 12.8 Å². The van der Waals surface area contributed by atoms with E-state index in [0.717, 1.165) is 0 Å². The van der Waals surface area contributed by atoms with Crippen LogP contribution in [0.1, 0.15) is 19.3 Å². The number of ether oxygens (including phenoxy) is 1. The quantitative estimate of drug-likeness (QED) is 0.520. The van der Waals surface area contributed by atoms with Crippen molar-refractivity contribution in [2.24, 2.45) is 0 Å². The normalized spacial score (nSPS) is 31.4. The van der Waals surface area contributed by atoms with Crippen LogP contribution in [0.25, 0.3) is 0 Å². The molecule has 0 aliphatic heterocycles. The van der Waals surface area contributed by atoms with Gasteiger partial charge in [0.2, 0.25) is 0 Å². The molecule has 0 saturated heterocycles. The Kier molecular flexibility index (Phi) is 2.90. The number of aliphatic carboxylic acids is 1. The molecule has 0 radical (unpaired) electrons. The summed E-state index contributed by atoms with van der Waals surface area (Å²) in [6, 6.07) is 0. The fourth-order valence-corrected chi connectivity index (χ4v) is 1.64. The molecule has 0 heterocycles. The zero-order valence-corrected chi connectivity index (χ0v) is 7.63. The predicted octanol–water partition coefficient (Wildman–Crippen LogP) is 0.217. The van der Waals surface area contributed by atoms with Gasteiger partial charge < -0.3 is 14.7 Å². The molecular formula is C7H11NO6. The van der Waals surface area contributed by atoms with Gasteiger partial charge in [-0.1, -0.05) is 0 Å². The summed E-state index contributed by atoms with van der Waals surface area (Å²) in [5.74, 6) is -1.10. The molecule has 1 rings (SSSR count). The minimum atomic E-state index is -1.32. The molecule has 80 valence electrons. The number of hydrogen-bond donors (Lipinski definition) is 1. The average Bonchev–Trinajstić information content (AvgIpc) is 2.48. The maximum absolute atomic E-state index is 10.8. The number of nitrogens with zero attached hydrogens (tertiary/aromatic N) is 1. The average molecular weight is 205 g/mol. The molecule has 2 atom stereocenters. The topological polar surface area (TPSA) is 98.9 Å². The van der Waals surface area contributed by atoms with Gasteiger partial charge in [-0.2, -0.15) is 0 Å². The Morgan fingerprint density at radius 2 is 2.36 bits per heavy atom. The van der Waals surface area contributed by atoms with E-state index in [9.17, 15) is 14.9 Å². The van der Waals surface area contributed by atoms with Gasteiger partial charge in [-0.15, -0.1) is 10.1 Å². The van der Waals surface area contributed by atoms with E-state index in [2.05, 4.69) is 4.84 Å². The summed E-state index contributed by atoms with van der Waals surface area (Å²) in [7, 11) is 1.28. The lowest BCUT2D eigenvalue weighted by Gasteiger charge is -2.21. The Balaban J connectivity index is 2.61. The van der Waals surface area contributed by atoms with Crippen molar-refractivity contribution in [3.8, 4) is 0 Å². The molecule has 0 aromatic heterocycles. The molecule has 0 spiro atoms. The van der Waals surface area contributed by atoms with Crippen LogP contribution in [-0.4, -0.2) is 35.0 Å². The molecule has 7 nitrogen and oxygen atoms in total. The number of carboxylic acids is 1. The van der Waals surface area contributed by atoms with Gasteiger partial charge in [-0.3, -0.25) is 0 Å². The first-order valence-electron chi connectivity index (χ1n) is 4.10. The lowest BCUT2D eigenvalue weighted by Crippen LogP contribution is -2.38. The van der Waals surface area contributed by atoms with E-state index in [1.165, 1.54) is 7.11 Å². The van der Waals surface area contributed by atoms with E-state index < -0.39 is 22.8 Å². The van der Waals surface area contributed by atoms with E-state index in [1.54, 1.807) is 0 Å². The largest absolute Gasteiger partial charge is 0.479 e. The highest BCUT2D eigenvalue weighted by molar-refractivity contribution is 5.78. The third-order valence-electron chi connectivity index (χ3n) is 2.44. The highest BCUT2D eigenvalue weighted by Crippen LogP contribution is 2.34. The molecule has 1 saturated carbocycles. The fourth-order valence-electron chi connectivity index (χ4n) is 1.64. The molecule has 0 aromatic rings. The number of carboxylic acid groups (broad SMARTS) is 1. The molecule has 1 aliphatic carbocycles. The van der Waals surface area contributed by atoms with Crippen molar-refractivity contribution in [2.75, 3.05) is 7.11 Å². The summed E-state index contributed by atoms with van der Waals surface area (Å²) in [6.07, 6.45) is -0.112. The Hall–Kier alpha value is -1.37. The zero-order valence-electron chi connectivity index (χ0n) is 7.63. The maximum atomic E-state index is 10.8. The number of methoxy groups -OCH3 is 1. The third kappa shape index (κ3) is 1.92. The van der Waals surface area contributed by atoms with Gasteiger partial charge in [0.15, 0.2) is 5.60 Å². The van der Waals surface area contributed by atoms with Gasteiger partial charge in [0, 0.05) is 13.5 Å². The van der Waals surface area contributed by atoms with Gasteiger partial charge in [0.05, 0.1) is 0 Å². The summed E-state index contributed by atoms with van der Waals surface area (Å²) < 4.78 is 4.87. The predicted molar refractivity (Wildman–Crippen MR) is 43.1 cm³/mol. The summed E-state index contributed by atoms with van der Waals surface area (Å²) in [5.41, 5.74) is -1.32. The Bertz CT molecular complexity index is 255. The van der Waals surface area contributed by atoms with E-state index in [4.69, 9.17) is 9.84 Å². The monoisotopic (exact) mass is 205 g/mol. The van der Waals surface area contributed by atoms with Crippen LogP contribution >= 0.6 is 0 Å². The second kappa shape index (κ2) is 3.79. The van der Waals surface area contributed by atoms with Crippen LogP contribution in [0.2, 0.25) is 0 Å². The van der Waals surface area contributed by atoms with Crippen molar-refractivity contribution in [2.45, 2.75) is 31.0 Å². The molecule has 0 aromatic carbocycles. The summed E-state index contributed by atoms with van der Waals surface area (Å²) in [4.78, 5) is 25.2. The smallest absolute Gasteiger partial charge is 0.336 e. The van der Waals surface area contributed by atoms with Crippen molar-refractivity contribution in [1.29, 1.82) is 0 Å². The van der Waals surface area contributed by atoms with Gasteiger partial charge >= 0.3 is 5.97 Å². The highest BCUT2D eigenvalue weighted by Gasteiger charge is 2.47. The van der Waals surface area contributed by atoms with Gasteiger partial charge in [0.1, 0.15) is 6.10 Å². The SMILES string of the molecule is COC1(C(=O)O)CCC(O[N+](=O)[O-])C1. The molecule has 14 heavy (non-hydrogen) atoms. The molecule has 1 aliphatic rings. The van der Waals surface area contributed by atoms with Crippen LogP contribution in [0.4, 0.5) is 0 Å². The molecule has 0 amide bonds. The second-order valence-corrected chi connectivity index (χ2v) is 3.20. The van der Waals surface area contributed by atoms with Crippen LogP contribution in [-0.2, 0) is 14.4 Å². The molecule has 1 N–H and O–H groups in total. The molecular weight excluding hydrogens is 194 g/mol. The van der Waals surface area contributed by atoms with Crippen LogP contribution in [0.3, 0.4) is 0 Å². The van der Waals surface area contributed by atoms with Crippen molar-refractivity contribution < 1.29 is 24.6 Å².